The summed E-state index contributed by atoms with van der Waals surface area (Å²) in [6.07, 6.45) is -4.52. The number of thioether (sulfide) groups is 1. The van der Waals surface area contributed by atoms with Gasteiger partial charge in [0.25, 0.3) is 0 Å². The number of anilines is 1. The van der Waals surface area contributed by atoms with Crippen LogP contribution in [0.5, 0.6) is 5.75 Å². The topological polar surface area (TPSA) is 75.0 Å². The molecule has 0 bridgehead atoms. The number of aromatic nitrogens is 1. The first-order valence-corrected chi connectivity index (χ1v) is 12.0. The molecule has 0 aliphatic rings. The summed E-state index contributed by atoms with van der Waals surface area (Å²) in [7, 11) is 1.56. The first kappa shape index (κ1) is 25.8. The van der Waals surface area contributed by atoms with E-state index in [1.54, 1.807) is 19.2 Å². The molecule has 0 saturated carbocycles. The monoisotopic (exact) mass is 519 g/mol. The summed E-state index contributed by atoms with van der Waals surface area (Å²) in [6, 6.07) is 25.1. The van der Waals surface area contributed by atoms with Crippen molar-refractivity contribution in [3.8, 4) is 34.2 Å². The van der Waals surface area contributed by atoms with Crippen molar-refractivity contribution in [2.75, 3.05) is 18.2 Å². The molecule has 0 fully saturated rings. The minimum Gasteiger partial charge on any atom is -0.497 e. The SMILES string of the molecule is COc1ccc(-c2cc(-c3ccccc3)nc(SCC(=O)Nc3cccc(C(F)(F)F)c3)c2C#N)cc1. The van der Waals surface area contributed by atoms with Crippen molar-refractivity contribution in [1.82, 2.24) is 4.98 Å². The van der Waals surface area contributed by atoms with Gasteiger partial charge in [0.15, 0.2) is 0 Å². The fourth-order valence-corrected chi connectivity index (χ4v) is 4.40. The first-order valence-electron chi connectivity index (χ1n) is 11.0. The van der Waals surface area contributed by atoms with Crippen molar-refractivity contribution < 1.29 is 22.7 Å². The van der Waals surface area contributed by atoms with Crippen LogP contribution in [0.1, 0.15) is 11.1 Å². The van der Waals surface area contributed by atoms with E-state index >= 15 is 0 Å². The van der Waals surface area contributed by atoms with Crippen molar-refractivity contribution in [2.24, 2.45) is 0 Å². The summed E-state index contributed by atoms with van der Waals surface area (Å²) in [5.41, 5.74) is 2.33. The van der Waals surface area contributed by atoms with Crippen LogP contribution in [0.3, 0.4) is 0 Å². The van der Waals surface area contributed by atoms with Gasteiger partial charge in [0, 0.05) is 16.8 Å². The van der Waals surface area contributed by atoms with E-state index in [0.717, 1.165) is 35.0 Å². The second-order valence-electron chi connectivity index (χ2n) is 7.86. The van der Waals surface area contributed by atoms with E-state index in [9.17, 15) is 23.2 Å². The molecule has 9 heteroatoms. The molecule has 0 spiro atoms. The van der Waals surface area contributed by atoms with E-state index in [1.807, 2.05) is 48.5 Å². The van der Waals surface area contributed by atoms with E-state index in [0.29, 0.717) is 27.6 Å². The molecule has 0 radical (unpaired) electrons. The molecule has 0 atom stereocenters. The number of nitrogens with one attached hydrogen (secondary N) is 1. The number of nitriles is 1. The number of ether oxygens (including phenoxy) is 1. The quantitative estimate of drug-likeness (QED) is 0.265. The van der Waals surface area contributed by atoms with Crippen LogP contribution in [0.2, 0.25) is 0 Å². The van der Waals surface area contributed by atoms with Crippen LogP contribution in [0.15, 0.2) is 90.0 Å². The molecular weight excluding hydrogens is 499 g/mol. The minimum atomic E-state index is -4.52. The molecule has 1 N–H and O–H groups in total. The maximum atomic E-state index is 13.0. The zero-order valence-electron chi connectivity index (χ0n) is 19.5. The molecule has 1 heterocycles. The number of pyridine rings is 1. The van der Waals surface area contributed by atoms with Crippen LogP contribution in [0.25, 0.3) is 22.4 Å². The number of methoxy groups -OCH3 is 1. The predicted octanol–water partition coefficient (Wildman–Crippen LogP) is 7.05. The average Bonchev–Trinajstić information content (AvgIpc) is 2.91. The molecule has 4 rings (SSSR count). The van der Waals surface area contributed by atoms with Gasteiger partial charge < -0.3 is 10.1 Å². The Labute approximate surface area is 215 Å². The molecule has 1 amide bonds. The van der Waals surface area contributed by atoms with Crippen LogP contribution in [0, 0.1) is 11.3 Å². The van der Waals surface area contributed by atoms with Gasteiger partial charge in [-0.15, -0.1) is 0 Å². The Kier molecular flexibility index (Phi) is 7.80. The van der Waals surface area contributed by atoms with Crippen LogP contribution in [-0.4, -0.2) is 23.8 Å². The van der Waals surface area contributed by atoms with Gasteiger partial charge in [-0.3, -0.25) is 4.79 Å². The summed E-state index contributed by atoms with van der Waals surface area (Å²) < 4.78 is 44.2. The lowest BCUT2D eigenvalue weighted by Gasteiger charge is -2.13. The fourth-order valence-electron chi connectivity index (χ4n) is 3.59. The number of hydrogen-bond donors (Lipinski definition) is 1. The number of halogens is 3. The number of nitrogens with zero attached hydrogens (tertiary/aromatic N) is 2. The van der Waals surface area contributed by atoms with Crippen LogP contribution >= 0.6 is 11.8 Å². The summed E-state index contributed by atoms with van der Waals surface area (Å²) in [5, 5.41) is 12.8. The van der Waals surface area contributed by atoms with E-state index in [2.05, 4.69) is 16.4 Å². The zero-order chi connectivity index (χ0) is 26.4. The lowest BCUT2D eigenvalue weighted by molar-refractivity contribution is -0.137. The van der Waals surface area contributed by atoms with Gasteiger partial charge in [0.05, 0.1) is 29.7 Å². The standard InChI is InChI=1S/C28H20F3N3O2S/c1-36-22-12-10-18(11-13-22)23-15-25(19-6-3-2-4-7-19)34-27(24(23)16-32)37-17-26(35)33-21-9-5-8-20(14-21)28(29,30)31/h2-15H,17H2,1H3,(H,33,35). The number of amides is 1. The second-order valence-corrected chi connectivity index (χ2v) is 8.82. The van der Waals surface area contributed by atoms with Crippen molar-refractivity contribution in [3.63, 3.8) is 0 Å². The first-order chi connectivity index (χ1) is 17.8. The third-order valence-electron chi connectivity index (χ3n) is 5.38. The van der Waals surface area contributed by atoms with Crippen LogP contribution in [-0.2, 0) is 11.0 Å². The van der Waals surface area contributed by atoms with Crippen molar-refractivity contribution in [3.05, 3.63) is 96.1 Å². The van der Waals surface area contributed by atoms with E-state index < -0.39 is 17.6 Å². The third-order valence-corrected chi connectivity index (χ3v) is 6.36. The number of carbonyl (C=O) groups is 1. The lowest BCUT2D eigenvalue weighted by atomic mass is 9.99. The highest BCUT2D eigenvalue weighted by atomic mass is 32.2. The number of carbonyl (C=O) groups excluding carboxylic acids is 1. The molecule has 5 nitrogen and oxygen atoms in total. The smallest absolute Gasteiger partial charge is 0.416 e. The Hall–Kier alpha value is -4.29. The van der Waals surface area contributed by atoms with E-state index in [4.69, 9.17) is 4.74 Å². The molecule has 0 aliphatic heterocycles. The Morgan fingerprint density at radius 3 is 2.38 bits per heavy atom. The Morgan fingerprint density at radius 1 is 1.00 bits per heavy atom. The molecule has 0 saturated heterocycles. The predicted molar refractivity (Wildman–Crippen MR) is 137 cm³/mol. The normalized spacial score (nSPS) is 11.0. The molecule has 4 aromatic rings. The average molecular weight is 520 g/mol. The van der Waals surface area contributed by atoms with Gasteiger partial charge in [0.1, 0.15) is 16.8 Å². The number of rotatable bonds is 7. The molecule has 3 aromatic carbocycles. The summed E-state index contributed by atoms with van der Waals surface area (Å²) in [6.45, 7) is 0. The Balaban J connectivity index is 1.64. The van der Waals surface area contributed by atoms with Gasteiger partial charge in [-0.05, 0) is 42.0 Å². The lowest BCUT2D eigenvalue weighted by Crippen LogP contribution is -2.15. The molecular formula is C28H20F3N3O2S. The molecule has 1 aromatic heterocycles. The molecule has 0 unspecified atom stereocenters. The third kappa shape index (κ3) is 6.29. The highest BCUT2D eigenvalue weighted by Gasteiger charge is 2.30. The van der Waals surface area contributed by atoms with Crippen molar-refractivity contribution in [2.45, 2.75) is 11.2 Å². The fraction of sp³-hybridized carbons (Fsp3) is 0.107. The van der Waals surface area contributed by atoms with Gasteiger partial charge >= 0.3 is 6.18 Å². The second kappa shape index (κ2) is 11.2. The molecule has 186 valence electrons. The Morgan fingerprint density at radius 2 is 1.73 bits per heavy atom. The van der Waals surface area contributed by atoms with Crippen molar-refractivity contribution >= 4 is 23.4 Å². The zero-order valence-corrected chi connectivity index (χ0v) is 20.4. The molecule has 0 aliphatic carbocycles. The number of hydrogen-bond acceptors (Lipinski definition) is 5. The number of alkyl halides is 3. The van der Waals surface area contributed by atoms with E-state index in [1.165, 1.54) is 12.1 Å². The van der Waals surface area contributed by atoms with Crippen molar-refractivity contribution in [1.29, 1.82) is 5.26 Å². The highest BCUT2D eigenvalue weighted by molar-refractivity contribution is 8.00. The minimum absolute atomic E-state index is 0.0332. The largest absolute Gasteiger partial charge is 0.497 e. The molecule has 37 heavy (non-hydrogen) atoms. The summed E-state index contributed by atoms with van der Waals surface area (Å²) in [5.74, 6) is -0.00956. The van der Waals surface area contributed by atoms with Gasteiger partial charge in [0.2, 0.25) is 5.91 Å². The number of benzene rings is 3. The summed E-state index contributed by atoms with van der Waals surface area (Å²) in [4.78, 5) is 17.2. The highest BCUT2D eigenvalue weighted by Crippen LogP contribution is 2.35. The summed E-state index contributed by atoms with van der Waals surface area (Å²) >= 11 is 1.04. The van der Waals surface area contributed by atoms with Gasteiger partial charge in [-0.25, -0.2) is 4.98 Å². The van der Waals surface area contributed by atoms with Gasteiger partial charge in [-0.1, -0.05) is 60.3 Å². The maximum Gasteiger partial charge on any atom is 0.416 e. The van der Waals surface area contributed by atoms with E-state index in [-0.39, 0.29) is 11.4 Å². The van der Waals surface area contributed by atoms with Crippen LogP contribution < -0.4 is 10.1 Å². The van der Waals surface area contributed by atoms with Gasteiger partial charge in [-0.2, -0.15) is 18.4 Å². The Bertz CT molecular complexity index is 1450. The van der Waals surface area contributed by atoms with Crippen LogP contribution in [0.4, 0.5) is 18.9 Å². The maximum absolute atomic E-state index is 13.0.